The molecule has 2 aromatic carbocycles. The zero-order chi connectivity index (χ0) is 18.0. The maximum absolute atomic E-state index is 13.8. The Morgan fingerprint density at radius 2 is 1.96 bits per heavy atom. The van der Waals surface area contributed by atoms with Crippen LogP contribution in [-0.4, -0.2) is 10.9 Å². The van der Waals surface area contributed by atoms with Crippen LogP contribution in [0.25, 0.3) is 11.3 Å². The van der Waals surface area contributed by atoms with Crippen molar-refractivity contribution >= 4 is 45.6 Å². The van der Waals surface area contributed by atoms with Gasteiger partial charge in [-0.15, -0.1) is 11.3 Å². The molecule has 0 bridgehead atoms. The highest BCUT2D eigenvalue weighted by molar-refractivity contribution is 7.14. The Kier molecular flexibility index (Phi) is 5.32. The molecule has 1 heterocycles. The zero-order valence-electron chi connectivity index (χ0n) is 12.5. The van der Waals surface area contributed by atoms with Crippen molar-refractivity contribution < 1.29 is 13.6 Å². The molecule has 25 heavy (non-hydrogen) atoms. The number of aromatic nitrogens is 1. The third kappa shape index (κ3) is 4.34. The number of benzene rings is 2. The van der Waals surface area contributed by atoms with Crippen molar-refractivity contribution in [2.24, 2.45) is 0 Å². The van der Waals surface area contributed by atoms with E-state index in [2.05, 4.69) is 10.3 Å². The predicted octanol–water partition coefficient (Wildman–Crippen LogP) is 5.58. The van der Waals surface area contributed by atoms with Gasteiger partial charge in [0.25, 0.3) is 0 Å². The van der Waals surface area contributed by atoms with Gasteiger partial charge in [-0.1, -0.05) is 29.3 Å². The molecule has 0 radical (unpaired) electrons. The first-order valence-corrected chi connectivity index (χ1v) is 8.70. The second-order valence-corrected chi connectivity index (χ2v) is 6.82. The summed E-state index contributed by atoms with van der Waals surface area (Å²) in [5.41, 5.74) is 0.913. The number of carbonyl (C=O) groups excluding carboxylic acids is 1. The molecular formula is C17H10Cl2F2N2OS. The number of halogens is 4. The fourth-order valence-corrected chi connectivity index (χ4v) is 3.35. The number of carbonyl (C=O) groups is 1. The Labute approximate surface area is 156 Å². The maximum atomic E-state index is 13.8. The largest absolute Gasteiger partial charge is 0.302 e. The first-order chi connectivity index (χ1) is 11.9. The van der Waals surface area contributed by atoms with Gasteiger partial charge in [-0.05, 0) is 35.9 Å². The van der Waals surface area contributed by atoms with Gasteiger partial charge in [-0.3, -0.25) is 4.79 Å². The maximum Gasteiger partial charge on any atom is 0.230 e. The van der Waals surface area contributed by atoms with Crippen molar-refractivity contribution in [2.75, 3.05) is 5.32 Å². The second-order valence-electron chi connectivity index (χ2n) is 5.12. The van der Waals surface area contributed by atoms with E-state index in [9.17, 15) is 13.6 Å². The molecule has 1 N–H and O–H groups in total. The molecule has 3 nitrogen and oxygen atoms in total. The number of rotatable bonds is 4. The van der Waals surface area contributed by atoms with E-state index >= 15 is 0 Å². The van der Waals surface area contributed by atoms with Crippen molar-refractivity contribution in [1.29, 1.82) is 0 Å². The van der Waals surface area contributed by atoms with Gasteiger partial charge in [-0.2, -0.15) is 0 Å². The van der Waals surface area contributed by atoms with Crippen LogP contribution < -0.4 is 5.32 Å². The molecule has 3 aromatic rings. The predicted molar refractivity (Wildman–Crippen MR) is 96.3 cm³/mol. The summed E-state index contributed by atoms with van der Waals surface area (Å²) >= 11 is 13.0. The summed E-state index contributed by atoms with van der Waals surface area (Å²) in [7, 11) is 0. The Morgan fingerprint density at radius 3 is 2.72 bits per heavy atom. The number of thiazole rings is 1. The highest BCUT2D eigenvalue weighted by Gasteiger charge is 2.13. The van der Waals surface area contributed by atoms with Crippen molar-refractivity contribution in [3.05, 3.63) is 69.0 Å². The summed E-state index contributed by atoms with van der Waals surface area (Å²) < 4.78 is 27.1. The Bertz CT molecular complexity index is 946. The van der Waals surface area contributed by atoms with Gasteiger partial charge >= 0.3 is 0 Å². The number of anilines is 1. The Hall–Kier alpha value is -2.02. The third-order valence-corrected chi connectivity index (χ3v) is 4.67. The molecule has 128 valence electrons. The lowest BCUT2D eigenvalue weighted by atomic mass is 10.1. The van der Waals surface area contributed by atoms with Crippen LogP contribution in [0.5, 0.6) is 0 Å². The molecule has 0 unspecified atom stereocenters. The van der Waals surface area contributed by atoms with E-state index in [1.807, 2.05) is 0 Å². The van der Waals surface area contributed by atoms with Crippen LogP contribution >= 0.6 is 34.5 Å². The van der Waals surface area contributed by atoms with Crippen molar-refractivity contribution in [1.82, 2.24) is 4.98 Å². The Morgan fingerprint density at radius 1 is 1.16 bits per heavy atom. The first-order valence-electron chi connectivity index (χ1n) is 7.07. The van der Waals surface area contributed by atoms with E-state index < -0.39 is 11.6 Å². The summed E-state index contributed by atoms with van der Waals surface area (Å²) in [5, 5.41) is 5.32. The molecule has 0 aliphatic carbocycles. The molecule has 1 amide bonds. The molecule has 0 fully saturated rings. The average Bonchev–Trinajstić information content (AvgIpc) is 3.00. The van der Waals surface area contributed by atoms with Crippen LogP contribution in [0.2, 0.25) is 10.0 Å². The van der Waals surface area contributed by atoms with E-state index in [0.29, 0.717) is 15.6 Å². The average molecular weight is 399 g/mol. The lowest BCUT2D eigenvalue weighted by molar-refractivity contribution is -0.115. The van der Waals surface area contributed by atoms with Gasteiger partial charge in [0.2, 0.25) is 5.91 Å². The fraction of sp³-hybridized carbons (Fsp3) is 0.0588. The molecule has 0 aliphatic heterocycles. The molecule has 0 spiro atoms. The van der Waals surface area contributed by atoms with Gasteiger partial charge in [0.05, 0.1) is 12.1 Å². The highest BCUT2D eigenvalue weighted by Crippen LogP contribution is 2.28. The number of hydrogen-bond donors (Lipinski definition) is 1. The smallest absolute Gasteiger partial charge is 0.230 e. The van der Waals surface area contributed by atoms with Crippen LogP contribution in [0.4, 0.5) is 13.9 Å². The van der Waals surface area contributed by atoms with Crippen LogP contribution in [0.3, 0.4) is 0 Å². The normalized spacial score (nSPS) is 10.7. The molecule has 8 heteroatoms. The quantitative estimate of drug-likeness (QED) is 0.623. The number of nitrogens with one attached hydrogen (secondary N) is 1. The number of amides is 1. The minimum absolute atomic E-state index is 0.0393. The van der Waals surface area contributed by atoms with E-state index in [1.54, 1.807) is 23.6 Å². The Balaban J connectivity index is 1.72. The fourth-order valence-electron chi connectivity index (χ4n) is 2.15. The van der Waals surface area contributed by atoms with E-state index in [-0.39, 0.29) is 28.7 Å². The third-order valence-electron chi connectivity index (χ3n) is 3.32. The van der Waals surface area contributed by atoms with Crippen LogP contribution in [0, 0.1) is 11.6 Å². The number of nitrogens with zero attached hydrogens (tertiary/aromatic N) is 1. The van der Waals surface area contributed by atoms with Crippen LogP contribution in [0.15, 0.2) is 41.8 Å². The minimum Gasteiger partial charge on any atom is -0.302 e. The molecule has 1 aromatic heterocycles. The molecule has 3 rings (SSSR count). The molecule has 0 atom stereocenters. The van der Waals surface area contributed by atoms with E-state index in [1.165, 1.54) is 0 Å². The summed E-state index contributed by atoms with van der Waals surface area (Å²) in [6, 6.07) is 7.99. The first kappa shape index (κ1) is 17.8. The minimum atomic E-state index is -0.586. The van der Waals surface area contributed by atoms with Crippen molar-refractivity contribution in [3.8, 4) is 11.3 Å². The molecule has 0 saturated carbocycles. The summed E-state index contributed by atoms with van der Waals surface area (Å²) in [6.45, 7) is 0. The van der Waals surface area contributed by atoms with Gasteiger partial charge in [0.15, 0.2) is 5.13 Å². The van der Waals surface area contributed by atoms with Gasteiger partial charge < -0.3 is 5.32 Å². The van der Waals surface area contributed by atoms with E-state index in [4.69, 9.17) is 23.2 Å². The SMILES string of the molecule is O=C(Cc1ccc(Cl)cc1Cl)Nc1nc(-c2cc(F)ccc2F)cs1. The standard InChI is InChI=1S/C17H10Cl2F2N2OS/c18-10-2-1-9(13(19)6-10)5-16(24)23-17-22-15(8-25-17)12-7-11(20)3-4-14(12)21/h1-4,6-8H,5H2,(H,22,23,24). The van der Waals surface area contributed by atoms with Gasteiger partial charge in [0, 0.05) is 21.0 Å². The van der Waals surface area contributed by atoms with Gasteiger partial charge in [-0.25, -0.2) is 13.8 Å². The number of hydrogen-bond acceptors (Lipinski definition) is 3. The summed E-state index contributed by atoms with van der Waals surface area (Å²) in [5.74, 6) is -1.48. The van der Waals surface area contributed by atoms with Gasteiger partial charge in [0.1, 0.15) is 11.6 Å². The highest BCUT2D eigenvalue weighted by atomic mass is 35.5. The molecular weight excluding hydrogens is 389 g/mol. The molecule has 0 saturated heterocycles. The summed E-state index contributed by atoms with van der Waals surface area (Å²) in [6.07, 6.45) is 0.0409. The lowest BCUT2D eigenvalue weighted by Crippen LogP contribution is -2.14. The van der Waals surface area contributed by atoms with Crippen LogP contribution in [-0.2, 0) is 11.2 Å². The lowest BCUT2D eigenvalue weighted by Gasteiger charge is -2.05. The zero-order valence-corrected chi connectivity index (χ0v) is 14.9. The van der Waals surface area contributed by atoms with E-state index in [0.717, 1.165) is 29.5 Å². The second kappa shape index (κ2) is 7.47. The monoisotopic (exact) mass is 398 g/mol. The molecule has 0 aliphatic rings. The topological polar surface area (TPSA) is 42.0 Å². The van der Waals surface area contributed by atoms with Crippen LogP contribution in [0.1, 0.15) is 5.56 Å². The van der Waals surface area contributed by atoms with Crippen molar-refractivity contribution in [3.63, 3.8) is 0 Å². The summed E-state index contributed by atoms with van der Waals surface area (Å²) in [4.78, 5) is 16.2. The van der Waals surface area contributed by atoms with Crippen molar-refractivity contribution in [2.45, 2.75) is 6.42 Å².